The minimum absolute atomic E-state index is 0.426. The Morgan fingerprint density at radius 1 is 1.10 bits per heavy atom. The maximum atomic E-state index is 6.24. The first-order chi connectivity index (χ1) is 9.79. The lowest BCUT2D eigenvalue weighted by atomic mass is 10.1. The fourth-order valence-corrected chi connectivity index (χ4v) is 6.08. The lowest BCUT2D eigenvalue weighted by molar-refractivity contribution is 0.705. The zero-order valence-electron chi connectivity index (χ0n) is 12.1. The number of hydrogen-bond acceptors (Lipinski definition) is 5. The van der Waals surface area contributed by atoms with Crippen LogP contribution in [0.25, 0.3) is 0 Å². The maximum Gasteiger partial charge on any atom is 0.145 e. The fourth-order valence-electron chi connectivity index (χ4n) is 3.09. The van der Waals surface area contributed by atoms with Gasteiger partial charge in [-0.05, 0) is 32.1 Å². The molecule has 2 N–H and O–H groups in total. The molecule has 0 bridgehead atoms. The summed E-state index contributed by atoms with van der Waals surface area (Å²) in [4.78, 5) is 9.61. The molecule has 1 saturated heterocycles. The number of rotatable bonds is 2. The number of nitrogens with zero attached hydrogens (tertiary/aromatic N) is 2. The van der Waals surface area contributed by atoms with Gasteiger partial charge in [0.2, 0.25) is 0 Å². The van der Waals surface area contributed by atoms with Crippen LogP contribution in [-0.2, 0) is 12.8 Å². The molecule has 2 aliphatic rings. The monoisotopic (exact) mass is 309 g/mol. The third-order valence-corrected chi connectivity index (χ3v) is 7.43. The predicted molar refractivity (Wildman–Crippen MR) is 89.4 cm³/mol. The van der Waals surface area contributed by atoms with Crippen LogP contribution in [0, 0.1) is 0 Å². The Morgan fingerprint density at radius 3 is 2.75 bits per heavy atom. The Labute approximate surface area is 129 Å². The van der Waals surface area contributed by atoms with E-state index in [1.165, 1.54) is 48.4 Å². The predicted octanol–water partition coefficient (Wildman–Crippen LogP) is 3.63. The molecule has 5 heteroatoms. The summed E-state index contributed by atoms with van der Waals surface area (Å²) in [5.74, 6) is 4.19. The van der Waals surface area contributed by atoms with Gasteiger partial charge in [-0.3, -0.25) is 0 Å². The summed E-state index contributed by atoms with van der Waals surface area (Å²) < 4.78 is 0. The van der Waals surface area contributed by atoms with Crippen molar-refractivity contribution in [1.29, 1.82) is 0 Å². The normalized spacial score (nSPS) is 26.9. The largest absolute Gasteiger partial charge is 0.383 e. The van der Waals surface area contributed by atoms with Crippen molar-refractivity contribution in [2.45, 2.75) is 55.9 Å². The first kappa shape index (κ1) is 14.5. The van der Waals surface area contributed by atoms with Gasteiger partial charge in [0.1, 0.15) is 11.6 Å². The summed E-state index contributed by atoms with van der Waals surface area (Å²) in [6, 6.07) is 0. The van der Waals surface area contributed by atoms with Crippen LogP contribution in [0.15, 0.2) is 0 Å². The molecule has 2 unspecified atom stereocenters. The van der Waals surface area contributed by atoms with E-state index in [2.05, 4.69) is 23.7 Å². The van der Waals surface area contributed by atoms with Gasteiger partial charge in [-0.15, -0.1) is 11.8 Å². The summed E-state index contributed by atoms with van der Waals surface area (Å²) in [6.45, 7) is 2.27. The molecule has 0 radical (unpaired) electrons. The van der Waals surface area contributed by atoms with Crippen LogP contribution in [0.5, 0.6) is 0 Å². The van der Waals surface area contributed by atoms with E-state index in [1.54, 1.807) is 0 Å². The molecule has 2 heterocycles. The number of anilines is 1. The van der Waals surface area contributed by atoms with Crippen molar-refractivity contribution in [3.8, 4) is 0 Å². The third kappa shape index (κ3) is 2.93. The second kappa shape index (κ2) is 6.56. The third-order valence-electron chi connectivity index (χ3n) is 4.19. The van der Waals surface area contributed by atoms with Crippen LogP contribution in [0.3, 0.4) is 0 Å². The standard InChI is InChI=1S/C15H23N3S2/c1-2-12-13(20-9-8-19-12)15-17-11-7-5-3-4-6-10(11)14(16)18-15/h12-13H,2-9H2,1H3,(H2,16,17,18). The van der Waals surface area contributed by atoms with Crippen molar-refractivity contribution in [3.05, 3.63) is 17.1 Å². The van der Waals surface area contributed by atoms with Gasteiger partial charge < -0.3 is 5.73 Å². The first-order valence-corrected chi connectivity index (χ1v) is 9.77. The van der Waals surface area contributed by atoms with Crippen LogP contribution in [0.2, 0.25) is 0 Å². The van der Waals surface area contributed by atoms with E-state index in [0.717, 1.165) is 24.5 Å². The van der Waals surface area contributed by atoms with Crippen molar-refractivity contribution in [3.63, 3.8) is 0 Å². The second-order valence-corrected chi connectivity index (χ2v) is 8.16. The highest BCUT2D eigenvalue weighted by molar-refractivity contribution is 8.06. The minimum atomic E-state index is 0.426. The molecular weight excluding hydrogens is 286 g/mol. The van der Waals surface area contributed by atoms with E-state index in [-0.39, 0.29) is 0 Å². The van der Waals surface area contributed by atoms with Gasteiger partial charge in [-0.25, -0.2) is 9.97 Å². The Hall–Kier alpha value is -0.420. The van der Waals surface area contributed by atoms with Gasteiger partial charge in [0, 0.05) is 28.0 Å². The summed E-state index contributed by atoms with van der Waals surface area (Å²) >= 11 is 4.08. The van der Waals surface area contributed by atoms with Crippen LogP contribution >= 0.6 is 23.5 Å². The number of thioether (sulfide) groups is 2. The summed E-state index contributed by atoms with van der Waals surface area (Å²) in [7, 11) is 0. The highest BCUT2D eigenvalue weighted by atomic mass is 32.2. The molecule has 0 spiro atoms. The Morgan fingerprint density at radius 2 is 1.90 bits per heavy atom. The number of nitrogen functional groups attached to an aromatic ring is 1. The molecular formula is C15H23N3S2. The first-order valence-electron chi connectivity index (χ1n) is 7.68. The lowest BCUT2D eigenvalue weighted by Crippen LogP contribution is -2.22. The molecule has 1 aromatic heterocycles. The molecule has 1 aliphatic carbocycles. The highest BCUT2D eigenvalue weighted by Gasteiger charge is 2.30. The minimum Gasteiger partial charge on any atom is -0.383 e. The fraction of sp³-hybridized carbons (Fsp3) is 0.733. The number of fused-ring (bicyclic) bond motifs is 1. The topological polar surface area (TPSA) is 51.8 Å². The van der Waals surface area contributed by atoms with E-state index >= 15 is 0 Å². The number of aryl methyl sites for hydroxylation is 1. The van der Waals surface area contributed by atoms with E-state index in [9.17, 15) is 0 Å². The SMILES string of the molecule is CCC1SCCSC1c1nc(N)c2c(n1)CCCCC2. The quantitative estimate of drug-likeness (QED) is 0.846. The van der Waals surface area contributed by atoms with E-state index in [0.29, 0.717) is 10.5 Å². The molecule has 2 atom stereocenters. The van der Waals surface area contributed by atoms with Gasteiger partial charge in [0.05, 0.1) is 5.25 Å². The Bertz CT molecular complexity index is 478. The highest BCUT2D eigenvalue weighted by Crippen LogP contribution is 2.43. The van der Waals surface area contributed by atoms with Gasteiger partial charge in [-0.2, -0.15) is 11.8 Å². The average Bonchev–Trinajstić information content (AvgIpc) is 2.73. The summed E-state index contributed by atoms with van der Waals surface area (Å²) in [5, 5.41) is 1.06. The number of nitrogens with two attached hydrogens (primary N) is 1. The summed E-state index contributed by atoms with van der Waals surface area (Å²) in [5.41, 5.74) is 8.70. The Kier molecular flexibility index (Phi) is 4.76. The maximum absolute atomic E-state index is 6.24. The van der Waals surface area contributed by atoms with Crippen molar-refractivity contribution in [2.24, 2.45) is 0 Å². The van der Waals surface area contributed by atoms with Gasteiger partial charge >= 0.3 is 0 Å². The van der Waals surface area contributed by atoms with Crippen LogP contribution in [-0.4, -0.2) is 26.7 Å². The zero-order valence-corrected chi connectivity index (χ0v) is 13.7. The van der Waals surface area contributed by atoms with Crippen molar-refractivity contribution >= 4 is 29.3 Å². The van der Waals surface area contributed by atoms with Crippen molar-refractivity contribution in [1.82, 2.24) is 9.97 Å². The van der Waals surface area contributed by atoms with Crippen LogP contribution in [0.1, 0.15) is 54.9 Å². The van der Waals surface area contributed by atoms with Gasteiger partial charge in [0.25, 0.3) is 0 Å². The van der Waals surface area contributed by atoms with Crippen LogP contribution in [0.4, 0.5) is 5.82 Å². The summed E-state index contributed by atoms with van der Waals surface area (Å²) in [6.07, 6.45) is 7.08. The van der Waals surface area contributed by atoms with Crippen molar-refractivity contribution in [2.75, 3.05) is 17.2 Å². The molecule has 110 valence electrons. The molecule has 0 saturated carbocycles. The number of hydrogen-bond donors (Lipinski definition) is 1. The average molecular weight is 310 g/mol. The molecule has 1 aliphatic heterocycles. The molecule has 20 heavy (non-hydrogen) atoms. The van der Waals surface area contributed by atoms with Gasteiger partial charge in [-0.1, -0.05) is 13.3 Å². The van der Waals surface area contributed by atoms with Gasteiger partial charge in [0.15, 0.2) is 0 Å². The van der Waals surface area contributed by atoms with E-state index < -0.39 is 0 Å². The number of aromatic nitrogens is 2. The second-order valence-electron chi connectivity index (χ2n) is 5.56. The van der Waals surface area contributed by atoms with Crippen LogP contribution < -0.4 is 5.73 Å². The zero-order chi connectivity index (χ0) is 13.9. The van der Waals surface area contributed by atoms with E-state index in [4.69, 9.17) is 10.7 Å². The van der Waals surface area contributed by atoms with Crippen molar-refractivity contribution < 1.29 is 0 Å². The molecule has 1 fully saturated rings. The molecule has 3 rings (SSSR count). The van der Waals surface area contributed by atoms with E-state index in [1.807, 2.05) is 11.8 Å². The Balaban J connectivity index is 1.93. The molecule has 0 amide bonds. The molecule has 1 aromatic rings. The molecule has 0 aromatic carbocycles. The molecule has 3 nitrogen and oxygen atoms in total. The smallest absolute Gasteiger partial charge is 0.145 e. The lowest BCUT2D eigenvalue weighted by Gasteiger charge is -2.29.